The number of hydrogen-bond acceptors (Lipinski definition) is 10. The molecular formula is C31H24N4O8. The predicted octanol–water partition coefficient (Wildman–Crippen LogP) is 2.71. The molecule has 0 spiro atoms. The number of hydrogen-bond donors (Lipinski definition) is 2. The fourth-order valence-corrected chi connectivity index (χ4v) is 4.98. The summed E-state index contributed by atoms with van der Waals surface area (Å²) in [5, 5.41) is 16.7. The van der Waals surface area contributed by atoms with Crippen LogP contribution in [0.15, 0.2) is 108 Å². The predicted molar refractivity (Wildman–Crippen MR) is 150 cm³/mol. The molecule has 5 aromatic rings. The van der Waals surface area contributed by atoms with Crippen LogP contribution in [0.1, 0.15) is 37.3 Å². The summed E-state index contributed by atoms with van der Waals surface area (Å²) in [5.41, 5.74) is -2.62. The van der Waals surface area contributed by atoms with E-state index in [9.17, 15) is 24.3 Å². The van der Waals surface area contributed by atoms with Gasteiger partial charge in [-0.2, -0.15) is 5.10 Å². The van der Waals surface area contributed by atoms with Crippen LogP contribution in [0.25, 0.3) is 11.0 Å². The summed E-state index contributed by atoms with van der Waals surface area (Å²) < 4.78 is 18.6. The topological polar surface area (TPSA) is 163 Å². The van der Waals surface area contributed by atoms with E-state index in [1.807, 2.05) is 0 Å². The van der Waals surface area contributed by atoms with Gasteiger partial charge in [0.2, 0.25) is 11.4 Å². The number of nitrogens with one attached hydrogen (secondary N) is 1. The summed E-state index contributed by atoms with van der Waals surface area (Å²) >= 11 is 0. The van der Waals surface area contributed by atoms with Crippen molar-refractivity contribution >= 4 is 28.8 Å². The highest BCUT2D eigenvalue weighted by Crippen LogP contribution is 2.43. The maximum absolute atomic E-state index is 14.2. The summed E-state index contributed by atoms with van der Waals surface area (Å²) in [6, 6.07) is 24.1. The molecule has 43 heavy (non-hydrogen) atoms. The molecule has 216 valence electrons. The first-order valence-corrected chi connectivity index (χ1v) is 13.2. The SMILES string of the molecule is O=C(OC[C@@H]1O[C@H](n2ncc3c(=O)[nH]cnc32)[C@](O)(C(=O)c2ccccc2)[C@H]1OC(=O)c1ccccc1)c1ccccc1. The average molecular weight is 581 g/mol. The van der Waals surface area contributed by atoms with Crippen LogP contribution in [0, 0.1) is 0 Å². The zero-order valence-electron chi connectivity index (χ0n) is 22.4. The summed E-state index contributed by atoms with van der Waals surface area (Å²) in [7, 11) is 0. The van der Waals surface area contributed by atoms with Crippen molar-refractivity contribution < 1.29 is 33.7 Å². The molecule has 1 saturated heterocycles. The number of aliphatic hydroxyl groups is 1. The molecule has 1 fully saturated rings. The number of carbonyl (C=O) groups excluding carboxylic acids is 3. The number of Topliss-reactive ketones (excluding diaryl/α,β-unsaturated/α-hetero) is 1. The van der Waals surface area contributed by atoms with Gasteiger partial charge < -0.3 is 24.3 Å². The third-order valence-electron chi connectivity index (χ3n) is 7.10. The van der Waals surface area contributed by atoms with Gasteiger partial charge in [-0.25, -0.2) is 19.3 Å². The van der Waals surface area contributed by atoms with Gasteiger partial charge in [0.1, 0.15) is 18.1 Å². The van der Waals surface area contributed by atoms with E-state index in [-0.39, 0.29) is 27.7 Å². The molecule has 2 aromatic heterocycles. The Morgan fingerprint density at radius 2 is 1.47 bits per heavy atom. The van der Waals surface area contributed by atoms with Crippen LogP contribution in [-0.4, -0.2) is 67.0 Å². The number of aromatic nitrogens is 4. The Morgan fingerprint density at radius 1 is 0.884 bits per heavy atom. The number of ketones is 1. The fraction of sp³-hybridized carbons (Fsp3) is 0.161. The minimum absolute atomic E-state index is 0.00287. The first-order chi connectivity index (χ1) is 20.9. The Morgan fingerprint density at radius 3 is 2.09 bits per heavy atom. The molecule has 3 heterocycles. The highest BCUT2D eigenvalue weighted by Gasteiger charge is 2.64. The van der Waals surface area contributed by atoms with Crippen molar-refractivity contribution in [2.24, 2.45) is 0 Å². The number of esters is 2. The van der Waals surface area contributed by atoms with Crippen molar-refractivity contribution in [3.8, 4) is 0 Å². The van der Waals surface area contributed by atoms with Gasteiger partial charge in [0.05, 0.1) is 23.7 Å². The van der Waals surface area contributed by atoms with Crippen LogP contribution < -0.4 is 5.56 Å². The quantitative estimate of drug-likeness (QED) is 0.206. The Labute approximate surface area is 243 Å². The Balaban J connectivity index is 1.45. The van der Waals surface area contributed by atoms with Crippen molar-refractivity contribution in [1.29, 1.82) is 0 Å². The molecule has 4 atom stereocenters. The molecule has 0 radical (unpaired) electrons. The molecule has 0 bridgehead atoms. The molecule has 0 aliphatic carbocycles. The normalized spacial score (nSPS) is 21.4. The number of carbonyl (C=O) groups is 3. The van der Waals surface area contributed by atoms with E-state index in [2.05, 4.69) is 15.1 Å². The van der Waals surface area contributed by atoms with Crippen molar-refractivity contribution in [1.82, 2.24) is 19.7 Å². The van der Waals surface area contributed by atoms with Crippen LogP contribution in [0.4, 0.5) is 0 Å². The largest absolute Gasteiger partial charge is 0.459 e. The highest BCUT2D eigenvalue weighted by molar-refractivity contribution is 6.04. The molecule has 12 heteroatoms. The zero-order chi connectivity index (χ0) is 30.0. The lowest BCUT2D eigenvalue weighted by molar-refractivity contribution is -0.0895. The smallest absolute Gasteiger partial charge is 0.338 e. The van der Waals surface area contributed by atoms with E-state index >= 15 is 0 Å². The van der Waals surface area contributed by atoms with Gasteiger partial charge in [-0.15, -0.1) is 0 Å². The summed E-state index contributed by atoms with van der Waals surface area (Å²) in [4.78, 5) is 59.3. The molecular weight excluding hydrogens is 556 g/mol. The van der Waals surface area contributed by atoms with Crippen molar-refractivity contribution in [2.75, 3.05) is 6.61 Å². The lowest BCUT2D eigenvalue weighted by Gasteiger charge is -2.32. The van der Waals surface area contributed by atoms with E-state index in [0.717, 1.165) is 11.0 Å². The molecule has 3 aromatic carbocycles. The van der Waals surface area contributed by atoms with Crippen molar-refractivity contribution in [3.05, 3.63) is 131 Å². The van der Waals surface area contributed by atoms with Gasteiger partial charge >= 0.3 is 11.9 Å². The third kappa shape index (κ3) is 5.09. The summed E-state index contributed by atoms with van der Waals surface area (Å²) in [6.07, 6.45) is -2.33. The van der Waals surface area contributed by atoms with E-state index in [1.165, 1.54) is 30.5 Å². The minimum atomic E-state index is -2.61. The number of aromatic amines is 1. The van der Waals surface area contributed by atoms with Gasteiger partial charge in [0.25, 0.3) is 5.56 Å². The lowest BCUT2D eigenvalue weighted by Crippen LogP contribution is -2.55. The highest BCUT2D eigenvalue weighted by atomic mass is 16.6. The van der Waals surface area contributed by atoms with Crippen LogP contribution in [0.2, 0.25) is 0 Å². The van der Waals surface area contributed by atoms with Crippen LogP contribution >= 0.6 is 0 Å². The lowest BCUT2D eigenvalue weighted by atomic mass is 9.85. The zero-order valence-corrected chi connectivity index (χ0v) is 22.4. The number of H-pyrrole nitrogens is 1. The van der Waals surface area contributed by atoms with E-state index in [1.54, 1.807) is 66.7 Å². The molecule has 12 nitrogen and oxygen atoms in total. The molecule has 0 unspecified atom stereocenters. The van der Waals surface area contributed by atoms with E-state index < -0.39 is 53.9 Å². The fourth-order valence-electron chi connectivity index (χ4n) is 4.98. The van der Waals surface area contributed by atoms with Crippen molar-refractivity contribution in [2.45, 2.75) is 24.0 Å². The van der Waals surface area contributed by atoms with Gasteiger partial charge in [-0.05, 0) is 24.3 Å². The molecule has 1 aliphatic heterocycles. The Hall–Kier alpha value is -5.46. The van der Waals surface area contributed by atoms with Crippen LogP contribution in [0.5, 0.6) is 0 Å². The van der Waals surface area contributed by atoms with Gasteiger partial charge in [0, 0.05) is 5.56 Å². The molecule has 0 amide bonds. The number of fused-ring (bicyclic) bond motifs is 1. The second-order valence-electron chi connectivity index (χ2n) is 9.76. The molecule has 1 aliphatic rings. The van der Waals surface area contributed by atoms with E-state index in [4.69, 9.17) is 14.2 Å². The average Bonchev–Trinajstić information content (AvgIpc) is 3.60. The second kappa shape index (κ2) is 11.4. The second-order valence-corrected chi connectivity index (χ2v) is 9.76. The number of nitrogens with zero attached hydrogens (tertiary/aromatic N) is 3. The first-order valence-electron chi connectivity index (χ1n) is 13.2. The molecule has 2 N–H and O–H groups in total. The van der Waals surface area contributed by atoms with Gasteiger partial charge in [0.15, 0.2) is 18.0 Å². The third-order valence-corrected chi connectivity index (χ3v) is 7.10. The van der Waals surface area contributed by atoms with Crippen LogP contribution in [0.3, 0.4) is 0 Å². The maximum atomic E-state index is 14.2. The monoisotopic (exact) mass is 580 g/mol. The first kappa shape index (κ1) is 27.7. The number of benzene rings is 3. The Bertz CT molecular complexity index is 1840. The summed E-state index contributed by atoms with van der Waals surface area (Å²) in [6.45, 7) is -0.505. The van der Waals surface area contributed by atoms with Crippen LogP contribution in [-0.2, 0) is 14.2 Å². The molecule has 0 saturated carbocycles. The minimum Gasteiger partial charge on any atom is -0.459 e. The Kier molecular flexibility index (Phi) is 7.36. The van der Waals surface area contributed by atoms with E-state index in [0.29, 0.717) is 0 Å². The van der Waals surface area contributed by atoms with Crippen molar-refractivity contribution in [3.63, 3.8) is 0 Å². The van der Waals surface area contributed by atoms with Gasteiger partial charge in [-0.1, -0.05) is 66.7 Å². The maximum Gasteiger partial charge on any atom is 0.338 e. The standard InChI is InChI=1S/C31H24N4O8/c36-24(19-10-4-1-5-11-19)31(40)25(43-29(39)21-14-8-3-9-15-21)23(17-41-28(38)20-12-6-2-7-13-20)42-30(31)35-26-22(16-34-35)27(37)33-18-32-26/h1-16,18,23,25,30,40H,17H2,(H,32,33,37)/t23-,25-,30-,31-/m0/s1. The number of ether oxygens (including phenoxy) is 3. The number of rotatable bonds is 8. The molecule has 6 rings (SSSR count). The van der Waals surface area contributed by atoms with Gasteiger partial charge in [-0.3, -0.25) is 9.59 Å². The summed E-state index contributed by atoms with van der Waals surface area (Å²) in [5.74, 6) is -2.40.